The van der Waals surface area contributed by atoms with Crippen molar-refractivity contribution in [1.82, 2.24) is 14.8 Å². The Morgan fingerprint density at radius 2 is 2.00 bits per heavy atom. The van der Waals surface area contributed by atoms with E-state index in [4.69, 9.17) is 4.74 Å². The van der Waals surface area contributed by atoms with Crippen molar-refractivity contribution in [1.29, 1.82) is 0 Å². The summed E-state index contributed by atoms with van der Waals surface area (Å²) in [6, 6.07) is 2.54. The normalized spacial score (nSPS) is 22.7. The van der Waals surface area contributed by atoms with Gasteiger partial charge in [-0.2, -0.15) is 13.2 Å². The zero-order valence-corrected chi connectivity index (χ0v) is 15.2. The third-order valence-electron chi connectivity index (χ3n) is 4.79. The third kappa shape index (κ3) is 5.53. The van der Waals surface area contributed by atoms with Crippen molar-refractivity contribution in [3.63, 3.8) is 0 Å². The molecular formula is C17H24F3N5O2. The highest BCUT2D eigenvalue weighted by atomic mass is 19.4. The molecule has 150 valence electrons. The summed E-state index contributed by atoms with van der Waals surface area (Å²) in [4.78, 5) is 22.2. The number of morpholine rings is 1. The van der Waals surface area contributed by atoms with Gasteiger partial charge in [-0.25, -0.2) is 4.98 Å². The van der Waals surface area contributed by atoms with Crippen LogP contribution < -0.4 is 10.2 Å². The lowest BCUT2D eigenvalue weighted by atomic mass is 10.2. The second kappa shape index (κ2) is 8.41. The topological polar surface area (TPSA) is 60.9 Å². The summed E-state index contributed by atoms with van der Waals surface area (Å²) < 4.78 is 43.3. The van der Waals surface area contributed by atoms with Gasteiger partial charge in [-0.1, -0.05) is 0 Å². The lowest BCUT2D eigenvalue weighted by Gasteiger charge is -2.35. The number of halogens is 3. The first-order valence-corrected chi connectivity index (χ1v) is 8.91. The number of nitrogens with one attached hydrogen (secondary N) is 1. The fourth-order valence-electron chi connectivity index (χ4n) is 3.22. The number of hydrogen-bond donors (Lipinski definition) is 1. The molecular weight excluding hydrogens is 363 g/mol. The van der Waals surface area contributed by atoms with Crippen LogP contribution in [0.15, 0.2) is 18.3 Å². The Bertz CT molecular complexity index is 632. The highest BCUT2D eigenvalue weighted by Gasteiger charge is 2.38. The van der Waals surface area contributed by atoms with Gasteiger partial charge in [-0.15, -0.1) is 0 Å². The number of amides is 1. The van der Waals surface area contributed by atoms with E-state index in [1.54, 1.807) is 12.3 Å². The lowest BCUT2D eigenvalue weighted by molar-refractivity contribution is -0.165. The van der Waals surface area contributed by atoms with E-state index in [1.807, 2.05) is 6.07 Å². The number of ether oxygens (including phenoxy) is 1. The molecule has 7 nitrogen and oxygen atoms in total. The highest BCUT2D eigenvalue weighted by Crippen LogP contribution is 2.21. The molecule has 1 unspecified atom stereocenters. The summed E-state index contributed by atoms with van der Waals surface area (Å²) >= 11 is 0. The van der Waals surface area contributed by atoms with Crippen molar-refractivity contribution < 1.29 is 22.7 Å². The maximum Gasteiger partial charge on any atom is 0.401 e. The van der Waals surface area contributed by atoms with Crippen LogP contribution in [0.5, 0.6) is 0 Å². The summed E-state index contributed by atoms with van der Waals surface area (Å²) in [5.41, 5.74) is 0.959. The van der Waals surface area contributed by atoms with E-state index < -0.39 is 24.7 Å². The standard InChI is InChI=1S/C17H24F3N5O2/c1-23-4-6-24(7-5-23)13-2-3-15(21-10-13)22-16(26)14-11-27-9-8-25(14)12-17(18,19)20/h2-3,10,14H,4-9,11-12H2,1H3,(H,21,22,26). The highest BCUT2D eigenvalue weighted by molar-refractivity contribution is 5.94. The van der Waals surface area contributed by atoms with Crippen molar-refractivity contribution >= 4 is 17.4 Å². The van der Waals surface area contributed by atoms with Crippen molar-refractivity contribution in [2.24, 2.45) is 0 Å². The molecule has 0 saturated carbocycles. The molecule has 2 aliphatic rings. The van der Waals surface area contributed by atoms with Crippen molar-refractivity contribution in [3.05, 3.63) is 18.3 Å². The van der Waals surface area contributed by atoms with Gasteiger partial charge in [0.15, 0.2) is 0 Å². The van der Waals surface area contributed by atoms with Crippen LogP contribution in [0.25, 0.3) is 0 Å². The molecule has 1 amide bonds. The van der Waals surface area contributed by atoms with Crippen LogP contribution in [0, 0.1) is 0 Å². The maximum absolute atomic E-state index is 12.7. The second-order valence-electron chi connectivity index (χ2n) is 6.86. The molecule has 3 rings (SSSR count). The smallest absolute Gasteiger partial charge is 0.378 e. The Morgan fingerprint density at radius 3 is 2.63 bits per heavy atom. The van der Waals surface area contributed by atoms with Gasteiger partial charge in [0.2, 0.25) is 5.91 Å². The number of nitrogens with zero attached hydrogens (tertiary/aromatic N) is 4. The fourth-order valence-corrected chi connectivity index (χ4v) is 3.22. The SMILES string of the molecule is CN1CCN(c2ccc(NC(=O)C3COCCN3CC(F)(F)F)nc2)CC1. The number of pyridine rings is 1. The first kappa shape index (κ1) is 19.8. The molecule has 1 N–H and O–H groups in total. The van der Waals surface area contributed by atoms with Crippen LogP contribution in [0.3, 0.4) is 0 Å². The molecule has 0 aromatic carbocycles. The van der Waals surface area contributed by atoms with Crippen molar-refractivity contribution in [2.45, 2.75) is 12.2 Å². The Labute approximate surface area is 156 Å². The largest absolute Gasteiger partial charge is 0.401 e. The van der Waals surface area contributed by atoms with Gasteiger partial charge in [0.25, 0.3) is 0 Å². The fraction of sp³-hybridized carbons (Fsp3) is 0.647. The zero-order valence-electron chi connectivity index (χ0n) is 15.2. The summed E-state index contributed by atoms with van der Waals surface area (Å²) in [5.74, 6) is -0.228. The van der Waals surface area contributed by atoms with Gasteiger partial charge in [-0.05, 0) is 19.2 Å². The molecule has 0 bridgehead atoms. The Balaban J connectivity index is 1.59. The van der Waals surface area contributed by atoms with Gasteiger partial charge < -0.3 is 19.9 Å². The minimum atomic E-state index is -4.36. The van der Waals surface area contributed by atoms with Crippen molar-refractivity contribution in [3.8, 4) is 0 Å². The number of alkyl halides is 3. The van der Waals surface area contributed by atoms with E-state index in [0.717, 1.165) is 36.8 Å². The van der Waals surface area contributed by atoms with Crippen LogP contribution in [0.2, 0.25) is 0 Å². The number of hydrogen-bond acceptors (Lipinski definition) is 6. The number of carbonyl (C=O) groups is 1. The van der Waals surface area contributed by atoms with Gasteiger partial charge in [0.1, 0.15) is 11.9 Å². The van der Waals surface area contributed by atoms with Gasteiger partial charge in [0.05, 0.1) is 31.6 Å². The van der Waals surface area contributed by atoms with Crippen LogP contribution in [0.1, 0.15) is 0 Å². The molecule has 0 radical (unpaired) electrons. The van der Waals surface area contributed by atoms with Gasteiger partial charge in [-0.3, -0.25) is 9.69 Å². The maximum atomic E-state index is 12.7. The second-order valence-corrected chi connectivity index (χ2v) is 6.86. The predicted molar refractivity (Wildman–Crippen MR) is 94.8 cm³/mol. The number of aromatic nitrogens is 1. The monoisotopic (exact) mass is 387 g/mol. The number of piperazine rings is 1. The van der Waals surface area contributed by atoms with E-state index in [0.29, 0.717) is 5.82 Å². The zero-order chi connectivity index (χ0) is 19.4. The quantitative estimate of drug-likeness (QED) is 0.833. The van der Waals surface area contributed by atoms with E-state index in [9.17, 15) is 18.0 Å². The molecule has 0 aliphatic carbocycles. The van der Waals surface area contributed by atoms with Crippen LogP contribution in [-0.2, 0) is 9.53 Å². The molecule has 1 atom stereocenters. The Morgan fingerprint density at radius 1 is 1.26 bits per heavy atom. The third-order valence-corrected chi connectivity index (χ3v) is 4.79. The number of rotatable bonds is 4. The first-order chi connectivity index (χ1) is 12.8. The minimum Gasteiger partial charge on any atom is -0.378 e. The van der Waals surface area contributed by atoms with Crippen LogP contribution >= 0.6 is 0 Å². The minimum absolute atomic E-state index is 0.0629. The molecule has 0 spiro atoms. The summed E-state index contributed by atoms with van der Waals surface area (Å²) in [7, 11) is 2.07. The van der Waals surface area contributed by atoms with Gasteiger partial charge in [0, 0.05) is 32.7 Å². The Kier molecular flexibility index (Phi) is 6.18. The molecule has 27 heavy (non-hydrogen) atoms. The summed E-state index contributed by atoms with van der Waals surface area (Å²) in [6.07, 6.45) is -2.69. The predicted octanol–water partition coefficient (Wildman–Crippen LogP) is 1.03. The van der Waals surface area contributed by atoms with E-state index in [-0.39, 0.29) is 19.8 Å². The molecule has 2 saturated heterocycles. The number of carbonyl (C=O) groups excluding carboxylic acids is 1. The number of anilines is 2. The lowest BCUT2D eigenvalue weighted by Crippen LogP contribution is -2.54. The molecule has 1 aromatic heterocycles. The van der Waals surface area contributed by atoms with Crippen molar-refractivity contribution in [2.75, 3.05) is 69.7 Å². The molecule has 2 fully saturated rings. The summed E-state index contributed by atoms with van der Waals surface area (Å²) in [6.45, 7) is 2.77. The molecule has 1 aromatic rings. The van der Waals surface area contributed by atoms with E-state index >= 15 is 0 Å². The molecule has 10 heteroatoms. The average Bonchev–Trinajstić information content (AvgIpc) is 2.62. The Hall–Kier alpha value is -1.91. The molecule has 2 aliphatic heterocycles. The molecule has 3 heterocycles. The van der Waals surface area contributed by atoms with Gasteiger partial charge >= 0.3 is 6.18 Å². The number of likely N-dealkylation sites (N-methyl/N-ethyl adjacent to an activating group) is 1. The van der Waals surface area contributed by atoms with Crippen LogP contribution in [0.4, 0.5) is 24.7 Å². The van der Waals surface area contributed by atoms with E-state index in [2.05, 4.69) is 27.1 Å². The van der Waals surface area contributed by atoms with E-state index in [1.165, 1.54) is 0 Å². The first-order valence-electron chi connectivity index (χ1n) is 8.91. The van der Waals surface area contributed by atoms with Crippen LogP contribution in [-0.4, -0.2) is 92.4 Å². The summed E-state index contributed by atoms with van der Waals surface area (Å²) in [5, 5.41) is 2.60. The average molecular weight is 387 g/mol.